The summed E-state index contributed by atoms with van der Waals surface area (Å²) < 4.78 is 0. The predicted octanol–water partition coefficient (Wildman–Crippen LogP) is -1.60. The SMILES string of the molecule is CN(CC(=O)NCCO)CC1N(C=O)OC(Cc2ccccc2)C(=O)N1CC=O. The molecule has 0 aliphatic carbocycles. The van der Waals surface area contributed by atoms with Gasteiger partial charge in [0.1, 0.15) is 12.5 Å². The van der Waals surface area contributed by atoms with Crippen LogP contribution in [0, 0.1) is 0 Å². The number of aliphatic hydroxyl groups is 1. The number of aldehydes is 1. The number of hydrogen-bond acceptors (Lipinski definition) is 7. The fourth-order valence-corrected chi connectivity index (χ4v) is 3.09. The number of nitrogens with zero attached hydrogens (tertiary/aromatic N) is 3. The second-order valence-electron chi connectivity index (χ2n) is 6.66. The van der Waals surface area contributed by atoms with Crippen LogP contribution in [0.5, 0.6) is 0 Å². The molecule has 0 bridgehead atoms. The van der Waals surface area contributed by atoms with Gasteiger partial charge in [0.2, 0.25) is 12.3 Å². The number of hydroxylamine groups is 2. The van der Waals surface area contributed by atoms with Crippen molar-refractivity contribution >= 4 is 24.5 Å². The lowest BCUT2D eigenvalue weighted by molar-refractivity contribution is -0.256. The lowest BCUT2D eigenvalue weighted by Crippen LogP contribution is -2.64. The molecule has 158 valence electrons. The van der Waals surface area contributed by atoms with E-state index >= 15 is 0 Å². The molecule has 0 saturated carbocycles. The van der Waals surface area contributed by atoms with Crippen molar-refractivity contribution in [1.29, 1.82) is 0 Å². The summed E-state index contributed by atoms with van der Waals surface area (Å²) in [5, 5.41) is 12.3. The summed E-state index contributed by atoms with van der Waals surface area (Å²) in [7, 11) is 1.64. The Balaban J connectivity index is 2.10. The Morgan fingerprint density at radius 2 is 2.03 bits per heavy atom. The van der Waals surface area contributed by atoms with Gasteiger partial charge in [-0.15, -0.1) is 0 Å². The first kappa shape index (κ1) is 22.5. The van der Waals surface area contributed by atoms with Crippen LogP contribution < -0.4 is 5.32 Å². The molecule has 3 amide bonds. The molecule has 1 aromatic carbocycles. The standard InChI is InChI=1S/C19H26N4O6/c1-21(12-17(27)20-7-9-24)13-18-22(8-10-25)19(28)16(29-23(18)14-26)11-15-5-3-2-4-6-15/h2-6,10,14,16,18,24H,7-9,11-13H2,1H3,(H,20,27). The van der Waals surface area contributed by atoms with Gasteiger partial charge in [-0.25, -0.2) is 0 Å². The zero-order chi connectivity index (χ0) is 21.2. The molecule has 10 heteroatoms. The molecular weight excluding hydrogens is 380 g/mol. The van der Waals surface area contributed by atoms with E-state index in [0.717, 1.165) is 10.6 Å². The van der Waals surface area contributed by atoms with Crippen LogP contribution in [0.4, 0.5) is 0 Å². The highest BCUT2D eigenvalue weighted by molar-refractivity contribution is 5.84. The van der Waals surface area contributed by atoms with Crippen LogP contribution in [0.25, 0.3) is 0 Å². The highest BCUT2D eigenvalue weighted by atomic mass is 16.7. The Hall–Kier alpha value is -2.82. The van der Waals surface area contributed by atoms with E-state index < -0.39 is 18.2 Å². The fraction of sp³-hybridized carbons (Fsp3) is 0.474. The third kappa shape index (κ3) is 6.34. The first-order valence-corrected chi connectivity index (χ1v) is 9.24. The van der Waals surface area contributed by atoms with Gasteiger partial charge >= 0.3 is 0 Å². The summed E-state index contributed by atoms with van der Waals surface area (Å²) in [6, 6.07) is 9.21. The van der Waals surface area contributed by atoms with Gasteiger partial charge in [0.25, 0.3) is 5.91 Å². The van der Waals surface area contributed by atoms with Crippen LogP contribution in [0.1, 0.15) is 5.56 Å². The molecule has 0 spiro atoms. The zero-order valence-corrected chi connectivity index (χ0v) is 16.3. The van der Waals surface area contributed by atoms with Crippen molar-refractivity contribution in [2.75, 3.05) is 39.8 Å². The lowest BCUT2D eigenvalue weighted by atomic mass is 10.1. The molecule has 1 fully saturated rings. The molecule has 1 heterocycles. The lowest BCUT2D eigenvalue weighted by Gasteiger charge is -2.44. The summed E-state index contributed by atoms with van der Waals surface area (Å²) in [6.07, 6.45) is -0.477. The Morgan fingerprint density at radius 1 is 1.31 bits per heavy atom. The predicted molar refractivity (Wildman–Crippen MR) is 102 cm³/mol. The van der Waals surface area contributed by atoms with Crippen LogP contribution in [-0.2, 0) is 30.4 Å². The Morgan fingerprint density at radius 3 is 2.66 bits per heavy atom. The molecule has 1 saturated heterocycles. The number of benzene rings is 1. The van der Waals surface area contributed by atoms with Gasteiger partial charge in [0.15, 0.2) is 6.10 Å². The van der Waals surface area contributed by atoms with Crippen molar-refractivity contribution in [3.63, 3.8) is 0 Å². The highest BCUT2D eigenvalue weighted by Crippen LogP contribution is 2.20. The maximum absolute atomic E-state index is 12.9. The number of amides is 3. The van der Waals surface area contributed by atoms with Crippen molar-refractivity contribution in [3.05, 3.63) is 35.9 Å². The summed E-state index contributed by atoms with van der Waals surface area (Å²) in [4.78, 5) is 56.0. The third-order valence-corrected chi connectivity index (χ3v) is 4.42. The summed E-state index contributed by atoms with van der Waals surface area (Å²) >= 11 is 0. The van der Waals surface area contributed by atoms with E-state index in [0.29, 0.717) is 12.7 Å². The van der Waals surface area contributed by atoms with Gasteiger partial charge in [0.05, 0.1) is 19.7 Å². The van der Waals surface area contributed by atoms with Crippen molar-refractivity contribution in [1.82, 2.24) is 20.2 Å². The monoisotopic (exact) mass is 406 g/mol. The number of nitrogens with one attached hydrogen (secondary N) is 1. The van der Waals surface area contributed by atoms with Crippen LogP contribution in [0.15, 0.2) is 30.3 Å². The maximum atomic E-state index is 12.9. The van der Waals surface area contributed by atoms with Crippen LogP contribution >= 0.6 is 0 Å². The fourth-order valence-electron chi connectivity index (χ4n) is 3.09. The minimum atomic E-state index is -0.933. The van der Waals surface area contributed by atoms with Crippen molar-refractivity contribution < 1.29 is 29.1 Å². The highest BCUT2D eigenvalue weighted by Gasteiger charge is 2.41. The molecular formula is C19H26N4O6. The van der Waals surface area contributed by atoms with Crippen LogP contribution in [-0.4, -0.2) is 96.6 Å². The molecule has 2 rings (SSSR count). The molecule has 2 atom stereocenters. The minimum Gasteiger partial charge on any atom is -0.395 e. The molecule has 2 N–H and O–H groups in total. The largest absolute Gasteiger partial charge is 0.395 e. The molecule has 2 unspecified atom stereocenters. The Kier molecular flexibility index (Phi) is 8.71. The Labute approximate surface area is 169 Å². The molecule has 0 radical (unpaired) electrons. The number of carbonyl (C=O) groups excluding carboxylic acids is 4. The van der Waals surface area contributed by atoms with E-state index in [9.17, 15) is 19.2 Å². The maximum Gasteiger partial charge on any atom is 0.256 e. The molecule has 1 aromatic rings. The van der Waals surface area contributed by atoms with E-state index in [-0.39, 0.29) is 45.1 Å². The molecule has 1 aliphatic heterocycles. The van der Waals surface area contributed by atoms with E-state index in [4.69, 9.17) is 9.94 Å². The van der Waals surface area contributed by atoms with Gasteiger partial charge in [-0.3, -0.25) is 24.1 Å². The average molecular weight is 406 g/mol. The van der Waals surface area contributed by atoms with E-state index in [1.165, 1.54) is 4.90 Å². The van der Waals surface area contributed by atoms with Gasteiger partial charge in [-0.2, -0.15) is 5.06 Å². The topological polar surface area (TPSA) is 119 Å². The van der Waals surface area contributed by atoms with Crippen LogP contribution in [0.3, 0.4) is 0 Å². The molecule has 10 nitrogen and oxygen atoms in total. The number of carbonyl (C=O) groups is 4. The summed E-state index contributed by atoms with van der Waals surface area (Å²) in [5.41, 5.74) is 0.860. The van der Waals surface area contributed by atoms with E-state index in [2.05, 4.69) is 5.32 Å². The number of likely N-dealkylation sites (N-methyl/N-ethyl adjacent to an activating group) is 1. The number of rotatable bonds is 11. The third-order valence-electron chi connectivity index (χ3n) is 4.42. The molecule has 0 aromatic heterocycles. The number of hydrogen-bond donors (Lipinski definition) is 2. The van der Waals surface area contributed by atoms with Gasteiger partial charge in [-0.05, 0) is 12.6 Å². The first-order valence-electron chi connectivity index (χ1n) is 9.24. The van der Waals surface area contributed by atoms with Gasteiger partial charge in [0, 0.05) is 19.5 Å². The number of aliphatic hydroxyl groups excluding tert-OH is 1. The normalized spacial score (nSPS) is 19.3. The summed E-state index contributed by atoms with van der Waals surface area (Å²) in [5.74, 6) is -0.715. The minimum absolute atomic E-state index is 0.0141. The first-order chi connectivity index (χ1) is 14.0. The van der Waals surface area contributed by atoms with Gasteiger partial charge < -0.3 is 20.1 Å². The van der Waals surface area contributed by atoms with Crippen molar-refractivity contribution in [2.45, 2.75) is 18.7 Å². The second kappa shape index (κ2) is 11.2. The van der Waals surface area contributed by atoms with E-state index in [1.807, 2.05) is 30.3 Å². The van der Waals surface area contributed by atoms with Crippen LogP contribution in [0.2, 0.25) is 0 Å². The zero-order valence-electron chi connectivity index (χ0n) is 16.3. The van der Waals surface area contributed by atoms with Gasteiger partial charge in [-0.1, -0.05) is 30.3 Å². The Bertz CT molecular complexity index is 701. The van der Waals surface area contributed by atoms with Crippen molar-refractivity contribution in [2.24, 2.45) is 0 Å². The summed E-state index contributed by atoms with van der Waals surface area (Å²) in [6.45, 7) is -0.151. The van der Waals surface area contributed by atoms with Crippen molar-refractivity contribution in [3.8, 4) is 0 Å². The molecule has 1 aliphatic rings. The van der Waals surface area contributed by atoms with E-state index in [1.54, 1.807) is 11.9 Å². The second-order valence-corrected chi connectivity index (χ2v) is 6.66. The molecule has 29 heavy (non-hydrogen) atoms. The average Bonchev–Trinajstić information content (AvgIpc) is 2.71. The smallest absolute Gasteiger partial charge is 0.256 e. The quantitative estimate of drug-likeness (QED) is 0.425.